The lowest BCUT2D eigenvalue weighted by Crippen LogP contribution is -3.11. The summed E-state index contributed by atoms with van der Waals surface area (Å²) < 4.78 is 39.0. The molecule has 0 saturated heterocycles. The molecule has 0 aromatic heterocycles. The number of rotatable bonds is 6. The van der Waals surface area contributed by atoms with Crippen LogP contribution in [0.15, 0.2) is 42.5 Å². The van der Waals surface area contributed by atoms with Crippen LogP contribution in [0.4, 0.5) is 24.5 Å². The molecule has 3 N–H and O–H groups in total. The van der Waals surface area contributed by atoms with Crippen LogP contribution < -0.4 is 15.5 Å². The molecule has 150 valence electrons. The Kier molecular flexibility index (Phi) is 6.80. The molecule has 2 aromatic rings. The lowest BCUT2D eigenvalue weighted by Gasteiger charge is -2.16. The van der Waals surface area contributed by atoms with E-state index in [4.69, 9.17) is 0 Å². The summed E-state index contributed by atoms with van der Waals surface area (Å²) in [6, 6.07) is 10.3. The minimum atomic E-state index is -4.56. The van der Waals surface area contributed by atoms with Crippen molar-refractivity contribution in [3.8, 4) is 0 Å². The summed E-state index contributed by atoms with van der Waals surface area (Å²) in [6.07, 6.45) is -4.56. The average Bonchev–Trinajstić information content (AvgIpc) is 2.57. The van der Waals surface area contributed by atoms with Gasteiger partial charge in [-0.15, -0.1) is 0 Å². The Hall–Kier alpha value is -2.87. The molecular formula is C20H23F3N3O2+. The van der Waals surface area contributed by atoms with Crippen molar-refractivity contribution in [3.63, 3.8) is 0 Å². The molecule has 28 heavy (non-hydrogen) atoms. The van der Waals surface area contributed by atoms with E-state index in [9.17, 15) is 22.8 Å². The van der Waals surface area contributed by atoms with E-state index in [1.807, 2.05) is 26.0 Å². The Morgan fingerprint density at radius 1 is 0.929 bits per heavy atom. The summed E-state index contributed by atoms with van der Waals surface area (Å²) in [5, 5.41) is 5.03. The van der Waals surface area contributed by atoms with Crippen molar-refractivity contribution in [3.05, 3.63) is 59.2 Å². The number of hydrogen-bond acceptors (Lipinski definition) is 2. The van der Waals surface area contributed by atoms with E-state index in [0.717, 1.165) is 17.2 Å². The molecule has 2 rings (SSSR count). The Morgan fingerprint density at radius 2 is 1.54 bits per heavy atom. The first-order valence-corrected chi connectivity index (χ1v) is 8.70. The van der Waals surface area contributed by atoms with Gasteiger partial charge in [0.1, 0.15) is 0 Å². The van der Waals surface area contributed by atoms with Gasteiger partial charge in [0.2, 0.25) is 0 Å². The van der Waals surface area contributed by atoms with Crippen LogP contribution in [-0.2, 0) is 15.8 Å². The van der Waals surface area contributed by atoms with Crippen molar-refractivity contribution in [2.24, 2.45) is 0 Å². The third-order valence-electron chi connectivity index (χ3n) is 4.22. The molecule has 0 radical (unpaired) electrons. The molecule has 1 unspecified atom stereocenters. The van der Waals surface area contributed by atoms with Gasteiger partial charge in [0.05, 0.1) is 18.3 Å². The minimum absolute atomic E-state index is 0.00125. The molecule has 0 aliphatic rings. The van der Waals surface area contributed by atoms with Crippen molar-refractivity contribution in [2.75, 3.05) is 30.8 Å². The van der Waals surface area contributed by atoms with Crippen molar-refractivity contribution in [1.29, 1.82) is 0 Å². The fourth-order valence-electron chi connectivity index (χ4n) is 2.67. The third-order valence-corrected chi connectivity index (χ3v) is 4.22. The van der Waals surface area contributed by atoms with Gasteiger partial charge >= 0.3 is 6.18 Å². The van der Waals surface area contributed by atoms with Crippen molar-refractivity contribution in [1.82, 2.24) is 0 Å². The highest BCUT2D eigenvalue weighted by atomic mass is 19.4. The smallest absolute Gasteiger partial charge is 0.322 e. The van der Waals surface area contributed by atoms with Crippen LogP contribution >= 0.6 is 0 Å². The summed E-state index contributed by atoms with van der Waals surface area (Å²) in [7, 11) is 1.62. The van der Waals surface area contributed by atoms with Gasteiger partial charge in [-0.2, -0.15) is 13.2 Å². The molecule has 8 heteroatoms. The maximum Gasteiger partial charge on any atom is 0.418 e. The number of benzene rings is 2. The number of likely N-dealkylation sites (N-methyl/N-ethyl adjacent to an activating group) is 1. The van der Waals surface area contributed by atoms with E-state index < -0.39 is 17.6 Å². The Balaban J connectivity index is 1.90. The van der Waals surface area contributed by atoms with Crippen LogP contribution in [0, 0.1) is 13.8 Å². The maximum absolute atomic E-state index is 13.0. The second kappa shape index (κ2) is 8.88. The number of amides is 2. The molecule has 0 aliphatic heterocycles. The van der Waals surface area contributed by atoms with Crippen LogP contribution in [0.2, 0.25) is 0 Å². The number of hydrogen-bond donors (Lipinski definition) is 3. The van der Waals surface area contributed by atoms with E-state index in [1.54, 1.807) is 13.1 Å². The number of halogens is 3. The van der Waals surface area contributed by atoms with E-state index in [1.165, 1.54) is 18.2 Å². The monoisotopic (exact) mass is 394 g/mol. The van der Waals surface area contributed by atoms with Gasteiger partial charge in [-0.3, -0.25) is 9.59 Å². The molecule has 1 atom stereocenters. The van der Waals surface area contributed by atoms with Gasteiger partial charge < -0.3 is 15.5 Å². The van der Waals surface area contributed by atoms with Gasteiger partial charge in [-0.1, -0.05) is 18.2 Å². The predicted molar refractivity (Wildman–Crippen MR) is 101 cm³/mol. The zero-order valence-corrected chi connectivity index (χ0v) is 15.9. The van der Waals surface area contributed by atoms with E-state index >= 15 is 0 Å². The van der Waals surface area contributed by atoms with Crippen LogP contribution in [0.5, 0.6) is 0 Å². The molecule has 2 aromatic carbocycles. The Morgan fingerprint density at radius 3 is 2.14 bits per heavy atom. The molecule has 2 amide bonds. The molecule has 5 nitrogen and oxygen atoms in total. The number of quaternary nitrogens is 1. The lowest BCUT2D eigenvalue weighted by atomic mass is 10.1. The van der Waals surface area contributed by atoms with Crippen LogP contribution in [-0.4, -0.2) is 32.0 Å². The second-order valence-electron chi connectivity index (χ2n) is 6.75. The summed E-state index contributed by atoms with van der Waals surface area (Å²) in [6.45, 7) is 3.76. The minimum Gasteiger partial charge on any atom is -0.322 e. The van der Waals surface area contributed by atoms with Crippen LogP contribution in [0.3, 0.4) is 0 Å². The molecule has 0 spiro atoms. The third kappa shape index (κ3) is 6.09. The number of aryl methyl sites for hydroxylation is 2. The number of carbonyl (C=O) groups is 2. The van der Waals surface area contributed by atoms with E-state index in [0.29, 0.717) is 10.6 Å². The first-order valence-electron chi connectivity index (χ1n) is 8.70. The van der Waals surface area contributed by atoms with Gasteiger partial charge in [0.15, 0.2) is 13.1 Å². The highest BCUT2D eigenvalue weighted by molar-refractivity contribution is 5.93. The number of alkyl halides is 3. The summed E-state index contributed by atoms with van der Waals surface area (Å²) >= 11 is 0. The summed E-state index contributed by atoms with van der Waals surface area (Å²) in [4.78, 5) is 24.8. The van der Waals surface area contributed by atoms with Gasteiger partial charge in [-0.05, 0) is 49.2 Å². The topological polar surface area (TPSA) is 62.6 Å². The summed E-state index contributed by atoms with van der Waals surface area (Å²) in [5.74, 6) is -0.891. The zero-order valence-electron chi connectivity index (χ0n) is 15.9. The highest BCUT2D eigenvalue weighted by Crippen LogP contribution is 2.34. The largest absolute Gasteiger partial charge is 0.418 e. The highest BCUT2D eigenvalue weighted by Gasteiger charge is 2.33. The van der Waals surface area contributed by atoms with Gasteiger partial charge in [0, 0.05) is 5.69 Å². The maximum atomic E-state index is 13.0. The van der Waals surface area contributed by atoms with Crippen molar-refractivity contribution in [2.45, 2.75) is 20.0 Å². The Bertz CT molecular complexity index is 866. The molecule has 0 heterocycles. The fourth-order valence-corrected chi connectivity index (χ4v) is 2.67. The molecular weight excluding hydrogens is 371 g/mol. The molecule has 0 bridgehead atoms. The Labute approximate surface area is 161 Å². The number of para-hydroxylation sites is 1. The average molecular weight is 394 g/mol. The standard InChI is InChI=1S/C20H22F3N3O2/c1-13-8-9-15(10-14(13)2)24-18(27)11-26(3)12-19(28)25-17-7-5-4-6-16(17)20(21,22)23/h4-10H,11-12H2,1-3H3,(H,24,27)(H,25,28)/p+1. The summed E-state index contributed by atoms with van der Waals surface area (Å²) in [5.41, 5.74) is 1.60. The quantitative estimate of drug-likeness (QED) is 0.705. The zero-order chi connectivity index (χ0) is 20.9. The second-order valence-corrected chi connectivity index (χ2v) is 6.75. The number of anilines is 2. The number of carbonyl (C=O) groups excluding carboxylic acids is 2. The molecule has 0 aliphatic carbocycles. The fraction of sp³-hybridized carbons (Fsp3) is 0.300. The van der Waals surface area contributed by atoms with Gasteiger partial charge in [-0.25, -0.2) is 0 Å². The molecule has 0 saturated carbocycles. The van der Waals surface area contributed by atoms with Crippen LogP contribution in [0.25, 0.3) is 0 Å². The first kappa shape index (κ1) is 21.4. The van der Waals surface area contributed by atoms with Gasteiger partial charge in [0.25, 0.3) is 11.8 Å². The van der Waals surface area contributed by atoms with Crippen molar-refractivity contribution < 1.29 is 27.7 Å². The predicted octanol–water partition coefficient (Wildman–Crippen LogP) is 2.41. The lowest BCUT2D eigenvalue weighted by molar-refractivity contribution is -0.862. The van der Waals surface area contributed by atoms with E-state index in [2.05, 4.69) is 10.6 Å². The first-order chi connectivity index (χ1) is 13.1. The normalized spacial score (nSPS) is 12.4. The van der Waals surface area contributed by atoms with Crippen LogP contribution in [0.1, 0.15) is 16.7 Å². The van der Waals surface area contributed by atoms with Crippen molar-refractivity contribution >= 4 is 23.2 Å². The van der Waals surface area contributed by atoms with E-state index in [-0.39, 0.29) is 24.7 Å². The SMILES string of the molecule is Cc1ccc(NC(=O)C[NH+](C)CC(=O)Nc2ccccc2C(F)(F)F)cc1C. The molecule has 0 fully saturated rings. The number of nitrogens with one attached hydrogen (secondary N) is 3.